The molecule has 2 heterocycles. The van der Waals surface area contributed by atoms with E-state index in [1.807, 2.05) is 13.8 Å². The molecule has 0 aliphatic heterocycles. The summed E-state index contributed by atoms with van der Waals surface area (Å²) in [4.78, 5) is 0. The van der Waals surface area contributed by atoms with Crippen LogP contribution in [-0.4, -0.2) is 24.5 Å². The number of halogens is 1. The van der Waals surface area contributed by atoms with Gasteiger partial charge in [0.1, 0.15) is 11.8 Å². The van der Waals surface area contributed by atoms with Crippen LogP contribution in [0.4, 0.5) is 0 Å². The van der Waals surface area contributed by atoms with Crippen molar-refractivity contribution in [2.75, 3.05) is 0 Å². The molecule has 17 heavy (non-hydrogen) atoms. The zero-order valence-electron chi connectivity index (χ0n) is 9.59. The molecule has 2 aromatic rings. The Morgan fingerprint density at radius 1 is 1.59 bits per heavy atom. The van der Waals surface area contributed by atoms with E-state index in [0.29, 0.717) is 17.1 Å². The standard InChI is InChI=1S/C10H13ClN4OS/c1-3-15-8(10(11)6(2)13-15)4-9(16)7-5-17-14-12-7/h5,9,16H,3-4H2,1-2H3. The molecule has 0 fully saturated rings. The molecule has 2 rings (SSSR count). The van der Waals surface area contributed by atoms with Gasteiger partial charge in [0.25, 0.3) is 0 Å². The molecular formula is C10H13ClN4OS. The number of aliphatic hydroxyl groups excluding tert-OH is 1. The zero-order valence-corrected chi connectivity index (χ0v) is 11.2. The van der Waals surface area contributed by atoms with E-state index in [0.717, 1.165) is 17.9 Å². The van der Waals surface area contributed by atoms with E-state index < -0.39 is 6.10 Å². The van der Waals surface area contributed by atoms with Crippen LogP contribution in [0.1, 0.15) is 30.1 Å². The summed E-state index contributed by atoms with van der Waals surface area (Å²) in [5.41, 5.74) is 2.20. The number of nitrogens with zero attached hydrogens (tertiary/aromatic N) is 4. The Balaban J connectivity index is 2.24. The van der Waals surface area contributed by atoms with Crippen molar-refractivity contribution in [2.45, 2.75) is 32.9 Å². The van der Waals surface area contributed by atoms with Crippen LogP contribution < -0.4 is 0 Å². The summed E-state index contributed by atoms with van der Waals surface area (Å²) in [5, 5.41) is 20.5. The average molecular weight is 273 g/mol. The lowest BCUT2D eigenvalue weighted by Gasteiger charge is -2.09. The molecule has 0 radical (unpaired) electrons. The fraction of sp³-hybridized carbons (Fsp3) is 0.500. The van der Waals surface area contributed by atoms with Gasteiger partial charge in [-0.3, -0.25) is 4.68 Å². The van der Waals surface area contributed by atoms with Crippen LogP contribution in [0.25, 0.3) is 0 Å². The zero-order chi connectivity index (χ0) is 12.4. The van der Waals surface area contributed by atoms with E-state index in [1.165, 1.54) is 11.5 Å². The maximum absolute atomic E-state index is 10.0. The van der Waals surface area contributed by atoms with Gasteiger partial charge < -0.3 is 5.11 Å². The molecule has 2 aromatic heterocycles. The monoisotopic (exact) mass is 272 g/mol. The molecule has 5 nitrogen and oxygen atoms in total. The summed E-state index contributed by atoms with van der Waals surface area (Å²) < 4.78 is 5.54. The van der Waals surface area contributed by atoms with Crippen molar-refractivity contribution >= 4 is 23.1 Å². The van der Waals surface area contributed by atoms with Gasteiger partial charge in [0.15, 0.2) is 0 Å². The normalized spacial score (nSPS) is 12.9. The second kappa shape index (κ2) is 5.12. The second-order valence-corrected chi connectivity index (χ2v) is 4.70. The van der Waals surface area contributed by atoms with Crippen molar-refractivity contribution in [3.8, 4) is 0 Å². The Morgan fingerprint density at radius 3 is 2.94 bits per heavy atom. The smallest absolute Gasteiger partial charge is 0.104 e. The van der Waals surface area contributed by atoms with Gasteiger partial charge >= 0.3 is 0 Å². The first kappa shape index (κ1) is 12.5. The minimum absolute atomic E-state index is 0.402. The molecule has 0 saturated carbocycles. The molecule has 0 aliphatic carbocycles. The van der Waals surface area contributed by atoms with E-state index in [2.05, 4.69) is 14.7 Å². The topological polar surface area (TPSA) is 63.8 Å². The first-order valence-corrected chi connectivity index (χ1v) is 6.51. The summed E-state index contributed by atoms with van der Waals surface area (Å²) >= 11 is 7.39. The fourth-order valence-corrected chi connectivity index (χ4v) is 2.38. The van der Waals surface area contributed by atoms with Crippen molar-refractivity contribution in [3.63, 3.8) is 0 Å². The highest BCUT2D eigenvalue weighted by Crippen LogP contribution is 2.25. The molecule has 0 saturated heterocycles. The van der Waals surface area contributed by atoms with Gasteiger partial charge in [-0.25, -0.2) is 0 Å². The Morgan fingerprint density at radius 2 is 2.35 bits per heavy atom. The summed E-state index contributed by atoms with van der Waals surface area (Å²) in [6, 6.07) is 0. The number of aromatic nitrogens is 4. The first-order chi connectivity index (χ1) is 8.13. The van der Waals surface area contributed by atoms with Gasteiger partial charge in [-0.15, -0.1) is 5.10 Å². The highest BCUT2D eigenvalue weighted by Gasteiger charge is 2.18. The van der Waals surface area contributed by atoms with E-state index in [9.17, 15) is 5.11 Å². The van der Waals surface area contributed by atoms with E-state index in [1.54, 1.807) is 10.1 Å². The molecule has 7 heteroatoms. The fourth-order valence-electron chi connectivity index (χ4n) is 1.67. The van der Waals surface area contributed by atoms with Crippen molar-refractivity contribution in [1.82, 2.24) is 19.4 Å². The molecule has 0 aromatic carbocycles. The minimum Gasteiger partial charge on any atom is -0.386 e. The molecule has 1 N–H and O–H groups in total. The van der Waals surface area contributed by atoms with Gasteiger partial charge in [-0.2, -0.15) is 5.10 Å². The SMILES string of the molecule is CCn1nc(C)c(Cl)c1CC(O)c1csnn1. The Hall–Kier alpha value is -0.980. The Bertz CT molecular complexity index is 497. The summed E-state index contributed by atoms with van der Waals surface area (Å²) in [6.45, 7) is 4.57. The number of hydrogen-bond donors (Lipinski definition) is 1. The lowest BCUT2D eigenvalue weighted by Crippen LogP contribution is -2.09. The summed E-state index contributed by atoms with van der Waals surface area (Å²) in [6.07, 6.45) is -0.286. The third kappa shape index (κ3) is 2.48. The van der Waals surface area contributed by atoms with E-state index >= 15 is 0 Å². The average Bonchev–Trinajstić information content (AvgIpc) is 2.92. The maximum atomic E-state index is 10.0. The van der Waals surface area contributed by atoms with Gasteiger partial charge in [0.2, 0.25) is 0 Å². The highest BCUT2D eigenvalue weighted by molar-refractivity contribution is 7.03. The van der Waals surface area contributed by atoms with E-state index in [-0.39, 0.29) is 0 Å². The van der Waals surface area contributed by atoms with Crippen LogP contribution in [0.3, 0.4) is 0 Å². The maximum Gasteiger partial charge on any atom is 0.104 e. The lowest BCUT2D eigenvalue weighted by atomic mass is 10.1. The molecular weight excluding hydrogens is 260 g/mol. The number of hydrogen-bond acceptors (Lipinski definition) is 5. The van der Waals surface area contributed by atoms with Gasteiger partial charge in [-0.05, 0) is 25.4 Å². The number of rotatable bonds is 4. The van der Waals surface area contributed by atoms with Crippen molar-refractivity contribution in [2.24, 2.45) is 0 Å². The van der Waals surface area contributed by atoms with Crippen LogP contribution in [0.2, 0.25) is 5.02 Å². The summed E-state index contributed by atoms with van der Waals surface area (Å²) in [7, 11) is 0. The van der Waals surface area contributed by atoms with Crippen LogP contribution in [0.5, 0.6) is 0 Å². The molecule has 92 valence electrons. The molecule has 0 amide bonds. The van der Waals surface area contributed by atoms with E-state index in [4.69, 9.17) is 11.6 Å². The minimum atomic E-state index is -0.687. The van der Waals surface area contributed by atoms with Crippen molar-refractivity contribution in [1.29, 1.82) is 0 Å². The predicted molar refractivity (Wildman–Crippen MR) is 66.2 cm³/mol. The Kier molecular flexibility index (Phi) is 3.76. The Labute approximate surface area is 108 Å². The first-order valence-electron chi connectivity index (χ1n) is 5.30. The second-order valence-electron chi connectivity index (χ2n) is 3.71. The lowest BCUT2D eigenvalue weighted by molar-refractivity contribution is 0.170. The van der Waals surface area contributed by atoms with Gasteiger partial charge in [0, 0.05) is 18.3 Å². The van der Waals surface area contributed by atoms with Crippen molar-refractivity contribution < 1.29 is 5.11 Å². The molecule has 0 spiro atoms. The van der Waals surface area contributed by atoms with Crippen LogP contribution in [0, 0.1) is 6.92 Å². The van der Waals surface area contributed by atoms with Crippen LogP contribution in [-0.2, 0) is 13.0 Å². The predicted octanol–water partition coefficient (Wildman–Crippen LogP) is 1.99. The molecule has 0 bridgehead atoms. The van der Waals surface area contributed by atoms with Gasteiger partial charge in [0.05, 0.1) is 16.4 Å². The van der Waals surface area contributed by atoms with Gasteiger partial charge in [-0.1, -0.05) is 16.1 Å². The number of aliphatic hydroxyl groups is 1. The third-order valence-electron chi connectivity index (χ3n) is 2.56. The third-order valence-corrected chi connectivity index (χ3v) is 3.57. The quantitative estimate of drug-likeness (QED) is 0.925. The number of aryl methyl sites for hydroxylation is 2. The van der Waals surface area contributed by atoms with Crippen LogP contribution >= 0.6 is 23.1 Å². The molecule has 1 unspecified atom stereocenters. The molecule has 1 atom stereocenters. The largest absolute Gasteiger partial charge is 0.386 e. The van der Waals surface area contributed by atoms with Crippen LogP contribution in [0.15, 0.2) is 5.38 Å². The summed E-state index contributed by atoms with van der Waals surface area (Å²) in [5.74, 6) is 0. The van der Waals surface area contributed by atoms with Crippen molar-refractivity contribution in [3.05, 3.63) is 27.5 Å². The highest BCUT2D eigenvalue weighted by atomic mass is 35.5. The molecule has 0 aliphatic rings.